The molecule has 0 aliphatic carbocycles. The van der Waals surface area contributed by atoms with Crippen molar-refractivity contribution in [3.63, 3.8) is 0 Å². The van der Waals surface area contributed by atoms with E-state index >= 15 is 0 Å². The zero-order valence-electron chi connectivity index (χ0n) is 17.5. The lowest BCUT2D eigenvalue weighted by atomic mass is 10.1. The Labute approximate surface area is 179 Å². The fraction of sp³-hybridized carbons (Fsp3) is 0.435. The zero-order valence-corrected chi connectivity index (χ0v) is 18.3. The van der Waals surface area contributed by atoms with Crippen LogP contribution in [0.2, 0.25) is 0 Å². The van der Waals surface area contributed by atoms with Crippen LogP contribution in [-0.4, -0.2) is 46.4 Å². The zero-order chi connectivity index (χ0) is 21.2. The molecular formula is C23H30N2O3S. The molecule has 1 fully saturated rings. The molecule has 0 aromatic heterocycles. The molecule has 1 aliphatic rings. The van der Waals surface area contributed by atoms with Crippen molar-refractivity contribution in [3.8, 4) is 5.75 Å². The van der Waals surface area contributed by atoms with E-state index in [1.54, 1.807) is 12.2 Å². The van der Waals surface area contributed by atoms with Gasteiger partial charge in [0.1, 0.15) is 11.3 Å². The maximum Gasteiger partial charge on any atom is 0.265 e. The van der Waals surface area contributed by atoms with E-state index in [0.29, 0.717) is 13.1 Å². The SMILES string of the molecule is CCCCCCOc1ccc(/C=C/C=C2C(=O)N(CC)C(=S)N(CC)C2=O)cc1. The van der Waals surface area contributed by atoms with Gasteiger partial charge in [-0.1, -0.05) is 50.5 Å². The van der Waals surface area contributed by atoms with Gasteiger partial charge in [0.25, 0.3) is 11.8 Å². The normalized spacial score (nSPS) is 14.9. The molecule has 1 saturated heterocycles. The highest BCUT2D eigenvalue weighted by Gasteiger charge is 2.37. The van der Waals surface area contributed by atoms with Crippen LogP contribution in [0, 0.1) is 0 Å². The molecular weight excluding hydrogens is 384 g/mol. The molecule has 156 valence electrons. The highest BCUT2D eigenvalue weighted by molar-refractivity contribution is 7.80. The number of amides is 2. The lowest BCUT2D eigenvalue weighted by molar-refractivity contribution is -0.133. The summed E-state index contributed by atoms with van der Waals surface area (Å²) in [5.41, 5.74) is 1.09. The molecule has 0 spiro atoms. The summed E-state index contributed by atoms with van der Waals surface area (Å²) >= 11 is 5.26. The number of hydrogen-bond donors (Lipinski definition) is 0. The number of allylic oxidation sites excluding steroid dienone is 2. The van der Waals surface area contributed by atoms with Crippen molar-refractivity contribution in [2.45, 2.75) is 46.5 Å². The van der Waals surface area contributed by atoms with Crippen LogP contribution in [0.3, 0.4) is 0 Å². The van der Waals surface area contributed by atoms with Gasteiger partial charge in [0, 0.05) is 13.1 Å². The van der Waals surface area contributed by atoms with E-state index in [9.17, 15) is 9.59 Å². The van der Waals surface area contributed by atoms with E-state index in [2.05, 4.69) is 6.92 Å². The van der Waals surface area contributed by atoms with Crippen LogP contribution in [0.5, 0.6) is 5.75 Å². The van der Waals surface area contributed by atoms with E-state index in [1.807, 2.05) is 44.2 Å². The molecule has 6 heteroatoms. The van der Waals surface area contributed by atoms with Crippen molar-refractivity contribution in [2.24, 2.45) is 0 Å². The monoisotopic (exact) mass is 414 g/mol. The summed E-state index contributed by atoms with van der Waals surface area (Å²) in [5.74, 6) is 0.160. The fourth-order valence-electron chi connectivity index (χ4n) is 3.05. The largest absolute Gasteiger partial charge is 0.494 e. The van der Waals surface area contributed by atoms with E-state index < -0.39 is 0 Å². The van der Waals surface area contributed by atoms with Crippen LogP contribution < -0.4 is 4.74 Å². The number of carbonyl (C=O) groups is 2. The molecule has 5 nitrogen and oxygen atoms in total. The summed E-state index contributed by atoms with van der Waals surface area (Å²) in [6.07, 6.45) is 9.87. The molecule has 1 aromatic carbocycles. The molecule has 0 saturated carbocycles. The molecule has 1 heterocycles. The Hall–Kier alpha value is -2.47. The second-order valence-corrected chi connectivity index (χ2v) is 7.16. The Balaban J connectivity index is 2.01. The quantitative estimate of drug-likeness (QED) is 0.243. The van der Waals surface area contributed by atoms with Crippen molar-refractivity contribution in [1.29, 1.82) is 0 Å². The summed E-state index contributed by atoms with van der Waals surface area (Å²) in [7, 11) is 0. The van der Waals surface area contributed by atoms with E-state index in [4.69, 9.17) is 17.0 Å². The van der Waals surface area contributed by atoms with Gasteiger partial charge in [0.2, 0.25) is 0 Å². The molecule has 0 radical (unpaired) electrons. The molecule has 1 aromatic rings. The predicted octanol–water partition coefficient (Wildman–Crippen LogP) is 4.58. The molecule has 2 amide bonds. The number of ether oxygens (including phenoxy) is 1. The van der Waals surface area contributed by atoms with E-state index in [1.165, 1.54) is 29.1 Å². The first-order valence-corrected chi connectivity index (χ1v) is 10.7. The minimum atomic E-state index is -0.344. The summed E-state index contributed by atoms with van der Waals surface area (Å²) in [6, 6.07) is 7.76. The van der Waals surface area contributed by atoms with Gasteiger partial charge in [0.05, 0.1) is 6.61 Å². The van der Waals surface area contributed by atoms with Crippen LogP contribution in [0.15, 0.2) is 42.0 Å². The minimum absolute atomic E-state index is 0.130. The third-order valence-electron chi connectivity index (χ3n) is 4.74. The highest BCUT2D eigenvalue weighted by atomic mass is 32.1. The van der Waals surface area contributed by atoms with Gasteiger partial charge in [-0.05, 0) is 56.3 Å². The number of hydrogen-bond acceptors (Lipinski definition) is 4. The highest BCUT2D eigenvalue weighted by Crippen LogP contribution is 2.18. The Morgan fingerprint density at radius 2 is 1.55 bits per heavy atom. The van der Waals surface area contributed by atoms with E-state index in [0.717, 1.165) is 24.3 Å². The van der Waals surface area contributed by atoms with Crippen molar-refractivity contribution in [2.75, 3.05) is 19.7 Å². The summed E-state index contributed by atoms with van der Waals surface area (Å²) < 4.78 is 5.75. The maximum absolute atomic E-state index is 12.6. The Morgan fingerprint density at radius 1 is 0.931 bits per heavy atom. The molecule has 1 aliphatic heterocycles. The van der Waals surface area contributed by atoms with Crippen molar-refractivity contribution in [3.05, 3.63) is 47.6 Å². The van der Waals surface area contributed by atoms with Gasteiger partial charge >= 0.3 is 0 Å². The first-order chi connectivity index (χ1) is 14.0. The standard InChI is InChI=1S/C23H30N2O3S/c1-4-7-8-9-17-28-19-15-13-18(14-16-19)11-10-12-20-21(26)24(5-2)23(29)25(6-3)22(20)27/h10-16H,4-9,17H2,1-3H3/b11-10+. The summed E-state index contributed by atoms with van der Waals surface area (Å²) in [4.78, 5) is 28.0. The number of thiocarbonyl (C=S) groups is 1. The third kappa shape index (κ3) is 6.00. The Morgan fingerprint density at radius 3 is 2.10 bits per heavy atom. The topological polar surface area (TPSA) is 49.9 Å². The van der Waals surface area contributed by atoms with Gasteiger partial charge in [-0.15, -0.1) is 0 Å². The smallest absolute Gasteiger partial charge is 0.265 e. The molecule has 0 atom stereocenters. The molecule has 2 rings (SSSR count). The summed E-state index contributed by atoms with van der Waals surface area (Å²) in [5, 5.41) is 0.274. The van der Waals surface area contributed by atoms with Crippen LogP contribution >= 0.6 is 12.2 Å². The second kappa shape index (κ2) is 11.5. The lowest BCUT2D eigenvalue weighted by Crippen LogP contribution is -2.55. The molecule has 29 heavy (non-hydrogen) atoms. The number of carbonyl (C=O) groups excluding carboxylic acids is 2. The number of nitrogens with zero attached hydrogens (tertiary/aromatic N) is 2. The predicted molar refractivity (Wildman–Crippen MR) is 121 cm³/mol. The Kier molecular flexibility index (Phi) is 9.06. The average molecular weight is 415 g/mol. The number of unbranched alkanes of at least 4 members (excludes halogenated alkanes) is 3. The lowest BCUT2D eigenvalue weighted by Gasteiger charge is -2.35. The maximum atomic E-state index is 12.6. The van der Waals surface area contributed by atoms with Gasteiger partial charge in [-0.3, -0.25) is 19.4 Å². The third-order valence-corrected chi connectivity index (χ3v) is 5.18. The van der Waals surface area contributed by atoms with Crippen LogP contribution in [0.25, 0.3) is 6.08 Å². The van der Waals surface area contributed by atoms with Crippen LogP contribution in [0.4, 0.5) is 0 Å². The van der Waals surface area contributed by atoms with Gasteiger partial charge < -0.3 is 4.74 Å². The minimum Gasteiger partial charge on any atom is -0.494 e. The van der Waals surface area contributed by atoms with Crippen LogP contribution in [0.1, 0.15) is 52.0 Å². The van der Waals surface area contributed by atoms with Crippen LogP contribution in [-0.2, 0) is 9.59 Å². The molecule has 0 unspecified atom stereocenters. The number of likely N-dealkylation sites (N-methyl/N-ethyl adjacent to an activating group) is 2. The Bertz CT molecular complexity index is 756. The van der Waals surface area contributed by atoms with Gasteiger partial charge in [0.15, 0.2) is 5.11 Å². The van der Waals surface area contributed by atoms with Gasteiger partial charge in [-0.2, -0.15) is 0 Å². The number of rotatable bonds is 10. The molecule has 0 bridgehead atoms. The fourth-order valence-corrected chi connectivity index (χ4v) is 3.48. The first-order valence-electron chi connectivity index (χ1n) is 10.3. The van der Waals surface area contributed by atoms with Crippen molar-refractivity contribution < 1.29 is 14.3 Å². The molecule has 0 N–H and O–H groups in total. The van der Waals surface area contributed by atoms with Crippen molar-refractivity contribution >= 4 is 35.2 Å². The first kappa shape index (κ1) is 22.8. The van der Waals surface area contributed by atoms with E-state index in [-0.39, 0.29) is 22.5 Å². The number of benzene rings is 1. The summed E-state index contributed by atoms with van der Waals surface area (Å²) in [6.45, 7) is 7.47. The van der Waals surface area contributed by atoms with Gasteiger partial charge in [-0.25, -0.2) is 0 Å². The second-order valence-electron chi connectivity index (χ2n) is 6.80. The average Bonchev–Trinajstić information content (AvgIpc) is 2.72. The van der Waals surface area contributed by atoms with Crippen molar-refractivity contribution in [1.82, 2.24) is 9.80 Å².